The monoisotopic (exact) mass is 359 g/mol. The van der Waals surface area contributed by atoms with Crippen LogP contribution >= 0.6 is 0 Å². The maximum absolute atomic E-state index is 12.3. The molecule has 0 bridgehead atoms. The number of ether oxygens (including phenoxy) is 3. The van der Waals surface area contributed by atoms with Crippen molar-refractivity contribution in [2.45, 2.75) is 0 Å². The van der Waals surface area contributed by atoms with Crippen LogP contribution in [0.4, 0.5) is 0 Å². The highest BCUT2D eigenvalue weighted by atomic mass is 16.6. The molecule has 0 radical (unpaired) electrons. The molecular weight excluding hydrogens is 342 g/mol. The van der Waals surface area contributed by atoms with Crippen molar-refractivity contribution in [1.29, 1.82) is 0 Å². The van der Waals surface area contributed by atoms with E-state index in [1.807, 2.05) is 42.5 Å². The summed E-state index contributed by atoms with van der Waals surface area (Å²) in [7, 11) is 3.15. The summed E-state index contributed by atoms with van der Waals surface area (Å²) in [5, 5.41) is 2.18. The van der Waals surface area contributed by atoms with E-state index >= 15 is 0 Å². The van der Waals surface area contributed by atoms with E-state index in [-0.39, 0.29) is 5.70 Å². The fraction of sp³-hybridized carbons (Fsp3) is 0.0909. The summed E-state index contributed by atoms with van der Waals surface area (Å²) < 4.78 is 15.9. The molecule has 5 nitrogen and oxygen atoms in total. The lowest BCUT2D eigenvalue weighted by Gasteiger charge is -2.05. The van der Waals surface area contributed by atoms with Crippen molar-refractivity contribution < 1.29 is 19.0 Å². The molecule has 0 fully saturated rings. The zero-order chi connectivity index (χ0) is 18.8. The van der Waals surface area contributed by atoms with Gasteiger partial charge in [0.2, 0.25) is 5.90 Å². The summed E-state index contributed by atoms with van der Waals surface area (Å²) in [5.41, 5.74) is 1.73. The highest BCUT2D eigenvalue weighted by molar-refractivity contribution is 6.13. The van der Waals surface area contributed by atoms with Gasteiger partial charge in [-0.2, -0.15) is 0 Å². The highest BCUT2D eigenvalue weighted by Crippen LogP contribution is 2.26. The molecule has 0 saturated heterocycles. The lowest BCUT2D eigenvalue weighted by Crippen LogP contribution is -2.05. The largest absolute Gasteiger partial charge is 0.497 e. The number of esters is 1. The van der Waals surface area contributed by atoms with Gasteiger partial charge in [-0.3, -0.25) is 0 Å². The van der Waals surface area contributed by atoms with Crippen molar-refractivity contribution in [2.75, 3.05) is 14.2 Å². The number of fused-ring (bicyclic) bond motifs is 1. The topological polar surface area (TPSA) is 57.1 Å². The summed E-state index contributed by atoms with van der Waals surface area (Å²) in [6.07, 6.45) is 1.65. The lowest BCUT2D eigenvalue weighted by molar-refractivity contribution is -0.129. The molecular formula is C22H17NO4. The Morgan fingerprint density at radius 3 is 2.30 bits per heavy atom. The zero-order valence-electron chi connectivity index (χ0n) is 14.9. The number of hydrogen-bond acceptors (Lipinski definition) is 5. The first-order valence-electron chi connectivity index (χ1n) is 8.41. The average Bonchev–Trinajstić information content (AvgIpc) is 3.07. The third-order valence-corrected chi connectivity index (χ3v) is 4.29. The molecule has 1 aliphatic rings. The summed E-state index contributed by atoms with van der Waals surface area (Å²) >= 11 is 0. The number of carbonyl (C=O) groups is 1. The maximum Gasteiger partial charge on any atom is 0.363 e. The van der Waals surface area contributed by atoms with Gasteiger partial charge in [0.15, 0.2) is 5.70 Å². The smallest absolute Gasteiger partial charge is 0.363 e. The number of cyclic esters (lactones) is 1. The van der Waals surface area contributed by atoms with Gasteiger partial charge in [0.25, 0.3) is 0 Å². The first-order valence-corrected chi connectivity index (χ1v) is 8.41. The van der Waals surface area contributed by atoms with E-state index in [1.54, 1.807) is 38.5 Å². The van der Waals surface area contributed by atoms with Crippen LogP contribution in [0.2, 0.25) is 0 Å². The first kappa shape index (κ1) is 16.8. The molecule has 0 saturated carbocycles. The summed E-state index contributed by atoms with van der Waals surface area (Å²) in [6, 6.07) is 19.2. The van der Waals surface area contributed by atoms with Gasteiger partial charge >= 0.3 is 5.97 Å². The molecule has 134 valence electrons. The molecule has 3 aromatic carbocycles. The Labute approximate surface area is 156 Å². The Balaban J connectivity index is 1.71. The molecule has 3 aromatic rings. The second kappa shape index (κ2) is 6.96. The standard InChI is InChI=1S/C22H17NO4/c1-25-18-9-14(10-19(13-18)26-2)11-20-22(24)27-21(23-20)17-8-7-15-5-3-4-6-16(15)12-17/h3-13H,1-2H3/b20-11-. The van der Waals surface area contributed by atoms with Gasteiger partial charge in [-0.05, 0) is 46.7 Å². The summed E-state index contributed by atoms with van der Waals surface area (Å²) in [5.74, 6) is 1.07. The number of hydrogen-bond donors (Lipinski definition) is 0. The van der Waals surface area contributed by atoms with Crippen LogP contribution < -0.4 is 9.47 Å². The van der Waals surface area contributed by atoms with Gasteiger partial charge in [-0.15, -0.1) is 0 Å². The molecule has 0 amide bonds. The van der Waals surface area contributed by atoms with Gasteiger partial charge in [0.1, 0.15) is 11.5 Å². The molecule has 0 aliphatic carbocycles. The van der Waals surface area contributed by atoms with Gasteiger partial charge in [-0.25, -0.2) is 9.79 Å². The van der Waals surface area contributed by atoms with Gasteiger partial charge in [0.05, 0.1) is 14.2 Å². The SMILES string of the molecule is COc1cc(/C=C2\N=C(c3ccc4ccccc4c3)OC2=O)cc(OC)c1. The molecule has 27 heavy (non-hydrogen) atoms. The number of methoxy groups -OCH3 is 2. The number of rotatable bonds is 4. The molecule has 0 N–H and O–H groups in total. The van der Waals surface area contributed by atoms with Crippen molar-refractivity contribution >= 4 is 28.7 Å². The van der Waals surface area contributed by atoms with Crippen LogP contribution in [0.15, 0.2) is 71.4 Å². The molecule has 1 heterocycles. The van der Waals surface area contributed by atoms with Crippen LogP contribution in [-0.2, 0) is 9.53 Å². The Kier molecular flexibility index (Phi) is 4.34. The third-order valence-electron chi connectivity index (χ3n) is 4.29. The number of benzene rings is 3. The van der Waals surface area contributed by atoms with Crippen LogP contribution in [0, 0.1) is 0 Å². The normalized spacial score (nSPS) is 15.0. The Morgan fingerprint density at radius 2 is 1.59 bits per heavy atom. The summed E-state index contributed by atoms with van der Waals surface area (Å²) in [4.78, 5) is 16.6. The third kappa shape index (κ3) is 3.40. The minimum Gasteiger partial charge on any atom is -0.497 e. The van der Waals surface area contributed by atoms with Crippen molar-refractivity contribution in [3.8, 4) is 11.5 Å². The average molecular weight is 359 g/mol. The minimum absolute atomic E-state index is 0.230. The second-order valence-corrected chi connectivity index (χ2v) is 6.04. The Morgan fingerprint density at radius 1 is 0.889 bits per heavy atom. The molecule has 0 aromatic heterocycles. The van der Waals surface area contributed by atoms with Crippen molar-refractivity contribution in [2.24, 2.45) is 4.99 Å². The van der Waals surface area contributed by atoms with E-state index in [0.717, 1.165) is 21.9 Å². The molecule has 1 aliphatic heterocycles. The lowest BCUT2D eigenvalue weighted by atomic mass is 10.1. The van der Waals surface area contributed by atoms with Crippen LogP contribution in [0.1, 0.15) is 11.1 Å². The van der Waals surface area contributed by atoms with Crippen LogP contribution in [0.5, 0.6) is 11.5 Å². The van der Waals surface area contributed by atoms with Crippen molar-refractivity contribution in [3.63, 3.8) is 0 Å². The van der Waals surface area contributed by atoms with Gasteiger partial charge in [0, 0.05) is 11.6 Å². The van der Waals surface area contributed by atoms with E-state index in [1.165, 1.54) is 0 Å². The van der Waals surface area contributed by atoms with Crippen LogP contribution in [0.3, 0.4) is 0 Å². The molecule has 0 atom stereocenters. The van der Waals surface area contributed by atoms with Crippen molar-refractivity contribution in [1.82, 2.24) is 0 Å². The molecule has 5 heteroatoms. The molecule has 0 unspecified atom stereocenters. The fourth-order valence-corrected chi connectivity index (χ4v) is 2.93. The second-order valence-electron chi connectivity index (χ2n) is 6.04. The van der Waals surface area contributed by atoms with Crippen LogP contribution in [0.25, 0.3) is 16.8 Å². The molecule has 0 spiro atoms. The summed E-state index contributed by atoms with van der Waals surface area (Å²) in [6.45, 7) is 0. The van der Waals surface area contributed by atoms with Gasteiger partial charge in [-0.1, -0.05) is 30.3 Å². The van der Waals surface area contributed by atoms with E-state index in [4.69, 9.17) is 14.2 Å². The van der Waals surface area contributed by atoms with Gasteiger partial charge < -0.3 is 14.2 Å². The highest BCUT2D eigenvalue weighted by Gasteiger charge is 2.24. The fourth-order valence-electron chi connectivity index (χ4n) is 2.93. The zero-order valence-corrected chi connectivity index (χ0v) is 14.9. The minimum atomic E-state index is -0.486. The number of carbonyl (C=O) groups excluding carboxylic acids is 1. The van der Waals surface area contributed by atoms with Crippen molar-refractivity contribution in [3.05, 3.63) is 77.5 Å². The number of aliphatic imine (C=N–C) groups is 1. The Bertz CT molecular complexity index is 1080. The quantitative estimate of drug-likeness (QED) is 0.517. The molecule has 4 rings (SSSR count). The first-order chi connectivity index (χ1) is 13.2. The van der Waals surface area contributed by atoms with E-state index in [9.17, 15) is 4.79 Å². The predicted octanol–water partition coefficient (Wildman–Crippen LogP) is 4.20. The van der Waals surface area contributed by atoms with E-state index in [0.29, 0.717) is 17.4 Å². The number of nitrogens with zero attached hydrogens (tertiary/aromatic N) is 1. The van der Waals surface area contributed by atoms with E-state index in [2.05, 4.69) is 4.99 Å². The van der Waals surface area contributed by atoms with E-state index < -0.39 is 5.97 Å². The van der Waals surface area contributed by atoms with Crippen LogP contribution in [-0.4, -0.2) is 26.1 Å². The maximum atomic E-state index is 12.3. The predicted molar refractivity (Wildman–Crippen MR) is 104 cm³/mol. The Hall–Kier alpha value is -3.60.